The number of rotatable bonds is 7. The summed E-state index contributed by atoms with van der Waals surface area (Å²) in [6.45, 7) is 2.55. The summed E-state index contributed by atoms with van der Waals surface area (Å²) in [6.07, 6.45) is 1.92. The zero-order valence-electron chi connectivity index (χ0n) is 11.7. The molecule has 0 amide bonds. The molecule has 112 valence electrons. The highest BCUT2D eigenvalue weighted by Gasteiger charge is 2.09. The van der Waals surface area contributed by atoms with Gasteiger partial charge in [0, 0.05) is 0 Å². The maximum absolute atomic E-state index is 11.6. The van der Waals surface area contributed by atoms with Crippen LogP contribution in [-0.2, 0) is 9.53 Å². The van der Waals surface area contributed by atoms with E-state index in [1.807, 2.05) is 30.3 Å². The van der Waals surface area contributed by atoms with Gasteiger partial charge in [-0.05, 0) is 30.8 Å². The zero-order chi connectivity index (χ0) is 15.1. The van der Waals surface area contributed by atoms with Gasteiger partial charge in [-0.15, -0.1) is 5.10 Å². The standard InChI is InChI=1S/C14H16N2O2S3/c1-2-3-9-18-12(17)10-20-13-15-16(14(19)21-13)11-7-5-4-6-8-11/h4-8H,2-3,9-10H2,1H3. The average molecular weight is 340 g/mol. The molecule has 2 rings (SSSR count). The lowest BCUT2D eigenvalue weighted by Gasteiger charge is -2.02. The molecule has 0 radical (unpaired) electrons. The zero-order valence-corrected chi connectivity index (χ0v) is 14.1. The predicted molar refractivity (Wildman–Crippen MR) is 88.9 cm³/mol. The molecule has 2 aromatic rings. The third-order valence-electron chi connectivity index (χ3n) is 2.60. The lowest BCUT2D eigenvalue weighted by Crippen LogP contribution is -2.08. The Bertz CT molecular complexity index is 637. The Balaban J connectivity index is 1.94. The number of nitrogens with zero attached hydrogens (tertiary/aromatic N) is 2. The van der Waals surface area contributed by atoms with Crippen molar-refractivity contribution in [2.45, 2.75) is 24.1 Å². The van der Waals surface area contributed by atoms with Crippen molar-refractivity contribution in [1.82, 2.24) is 9.78 Å². The van der Waals surface area contributed by atoms with Crippen molar-refractivity contribution < 1.29 is 9.53 Å². The molecular formula is C14H16N2O2S3. The summed E-state index contributed by atoms with van der Waals surface area (Å²) >= 11 is 8.07. The molecule has 21 heavy (non-hydrogen) atoms. The molecule has 0 aliphatic carbocycles. The summed E-state index contributed by atoms with van der Waals surface area (Å²) in [7, 11) is 0. The van der Waals surface area contributed by atoms with Crippen molar-refractivity contribution in [2.75, 3.05) is 12.4 Å². The Labute approximate surface area is 137 Å². The number of benzene rings is 1. The van der Waals surface area contributed by atoms with Crippen molar-refractivity contribution in [3.8, 4) is 5.69 Å². The third kappa shape index (κ3) is 4.94. The van der Waals surface area contributed by atoms with Gasteiger partial charge in [0.2, 0.25) is 0 Å². The van der Waals surface area contributed by atoms with Crippen LogP contribution in [0.3, 0.4) is 0 Å². The van der Waals surface area contributed by atoms with E-state index in [4.69, 9.17) is 17.0 Å². The van der Waals surface area contributed by atoms with Gasteiger partial charge in [0.25, 0.3) is 0 Å². The number of aromatic nitrogens is 2. The van der Waals surface area contributed by atoms with Gasteiger partial charge in [-0.2, -0.15) is 0 Å². The van der Waals surface area contributed by atoms with Crippen LogP contribution in [0.5, 0.6) is 0 Å². The van der Waals surface area contributed by atoms with E-state index in [0.717, 1.165) is 22.9 Å². The number of para-hydroxylation sites is 1. The molecular weight excluding hydrogens is 324 g/mol. The van der Waals surface area contributed by atoms with Gasteiger partial charge in [-0.1, -0.05) is 54.6 Å². The average Bonchev–Trinajstić information content (AvgIpc) is 2.87. The first-order valence-electron chi connectivity index (χ1n) is 6.64. The number of carbonyl (C=O) groups is 1. The number of hydrogen-bond acceptors (Lipinski definition) is 6. The number of thioether (sulfide) groups is 1. The van der Waals surface area contributed by atoms with Crippen LogP contribution in [0.15, 0.2) is 34.7 Å². The number of ether oxygens (including phenoxy) is 1. The number of unbranched alkanes of at least 4 members (excludes halogenated alkanes) is 1. The molecule has 0 aliphatic rings. The summed E-state index contributed by atoms with van der Waals surface area (Å²) in [5.74, 6) is 0.0571. The molecule has 0 bridgehead atoms. The molecule has 0 unspecified atom stereocenters. The largest absolute Gasteiger partial charge is 0.465 e. The fourth-order valence-electron chi connectivity index (χ4n) is 1.54. The monoisotopic (exact) mass is 340 g/mol. The van der Waals surface area contributed by atoms with Crippen LogP contribution in [0, 0.1) is 3.95 Å². The molecule has 4 nitrogen and oxygen atoms in total. The normalized spacial score (nSPS) is 10.5. The maximum atomic E-state index is 11.6. The minimum atomic E-state index is -0.208. The number of esters is 1. The van der Waals surface area contributed by atoms with Gasteiger partial charge in [0.05, 0.1) is 18.0 Å². The molecule has 0 aliphatic heterocycles. The van der Waals surface area contributed by atoms with Gasteiger partial charge < -0.3 is 4.74 Å². The second-order valence-corrected chi connectivity index (χ2v) is 7.09. The smallest absolute Gasteiger partial charge is 0.316 e. The maximum Gasteiger partial charge on any atom is 0.316 e. The van der Waals surface area contributed by atoms with E-state index >= 15 is 0 Å². The van der Waals surface area contributed by atoms with Gasteiger partial charge in [-0.3, -0.25) is 4.79 Å². The molecule has 0 spiro atoms. The van der Waals surface area contributed by atoms with Crippen molar-refractivity contribution in [1.29, 1.82) is 0 Å². The first-order chi connectivity index (χ1) is 10.2. The molecule has 1 aromatic heterocycles. The summed E-state index contributed by atoms with van der Waals surface area (Å²) in [5, 5.41) is 4.43. The fourth-order valence-corrected chi connectivity index (χ4v) is 3.70. The first-order valence-corrected chi connectivity index (χ1v) is 8.85. The van der Waals surface area contributed by atoms with Crippen LogP contribution in [0.1, 0.15) is 19.8 Å². The molecule has 1 aromatic carbocycles. The molecule has 0 saturated carbocycles. The molecule has 7 heteroatoms. The van der Waals surface area contributed by atoms with E-state index in [1.54, 1.807) is 4.68 Å². The molecule has 0 fully saturated rings. The molecule has 0 saturated heterocycles. The fraction of sp³-hybridized carbons (Fsp3) is 0.357. The van der Waals surface area contributed by atoms with E-state index in [9.17, 15) is 4.79 Å². The summed E-state index contributed by atoms with van der Waals surface area (Å²) in [5.41, 5.74) is 0.927. The van der Waals surface area contributed by atoms with Crippen molar-refractivity contribution in [3.05, 3.63) is 34.3 Å². The second-order valence-electron chi connectivity index (χ2n) is 4.24. The lowest BCUT2D eigenvalue weighted by molar-refractivity contribution is -0.140. The van der Waals surface area contributed by atoms with Crippen molar-refractivity contribution >= 4 is 41.3 Å². The third-order valence-corrected chi connectivity index (χ3v) is 4.94. The SMILES string of the molecule is CCCCOC(=O)CSc1nn(-c2ccccc2)c(=S)s1. The van der Waals surface area contributed by atoms with Crippen LogP contribution >= 0.6 is 35.3 Å². The Kier molecular flexibility index (Phi) is 6.41. The van der Waals surface area contributed by atoms with E-state index in [1.165, 1.54) is 23.1 Å². The van der Waals surface area contributed by atoms with Gasteiger partial charge in [0.15, 0.2) is 8.29 Å². The van der Waals surface area contributed by atoms with Crippen LogP contribution in [0.4, 0.5) is 0 Å². The van der Waals surface area contributed by atoms with Gasteiger partial charge in [-0.25, -0.2) is 4.68 Å². The van der Waals surface area contributed by atoms with Gasteiger partial charge >= 0.3 is 5.97 Å². The number of carbonyl (C=O) groups excluding carboxylic acids is 1. The molecule has 0 atom stereocenters. The van der Waals surface area contributed by atoms with E-state index < -0.39 is 0 Å². The predicted octanol–water partition coefficient (Wildman–Crippen LogP) is 4.10. The highest BCUT2D eigenvalue weighted by atomic mass is 32.2. The second kappa shape index (κ2) is 8.31. The van der Waals surface area contributed by atoms with E-state index in [2.05, 4.69) is 12.0 Å². The van der Waals surface area contributed by atoms with Crippen LogP contribution in [-0.4, -0.2) is 28.1 Å². The summed E-state index contributed by atoms with van der Waals surface area (Å²) in [4.78, 5) is 11.6. The highest BCUT2D eigenvalue weighted by molar-refractivity contribution is 8.01. The molecule has 1 heterocycles. The Morgan fingerprint density at radius 2 is 2.19 bits per heavy atom. The topological polar surface area (TPSA) is 44.1 Å². The van der Waals surface area contributed by atoms with Gasteiger partial charge in [0.1, 0.15) is 0 Å². The minimum absolute atomic E-state index is 0.208. The lowest BCUT2D eigenvalue weighted by atomic mass is 10.3. The highest BCUT2D eigenvalue weighted by Crippen LogP contribution is 2.24. The Hall–Kier alpha value is -1.18. The summed E-state index contributed by atoms with van der Waals surface area (Å²) in [6, 6.07) is 9.72. The van der Waals surface area contributed by atoms with E-state index in [-0.39, 0.29) is 11.7 Å². The number of hydrogen-bond donors (Lipinski definition) is 0. The van der Waals surface area contributed by atoms with Crippen LogP contribution in [0.25, 0.3) is 5.69 Å². The minimum Gasteiger partial charge on any atom is -0.465 e. The van der Waals surface area contributed by atoms with E-state index in [0.29, 0.717) is 10.6 Å². The van der Waals surface area contributed by atoms with Crippen molar-refractivity contribution in [2.24, 2.45) is 0 Å². The Morgan fingerprint density at radius 1 is 1.43 bits per heavy atom. The first kappa shape index (κ1) is 16.2. The summed E-state index contributed by atoms with van der Waals surface area (Å²) < 4.78 is 8.27. The van der Waals surface area contributed by atoms with Crippen LogP contribution in [0.2, 0.25) is 0 Å². The van der Waals surface area contributed by atoms with Crippen LogP contribution < -0.4 is 0 Å². The van der Waals surface area contributed by atoms with Crippen molar-refractivity contribution in [3.63, 3.8) is 0 Å². The Morgan fingerprint density at radius 3 is 2.90 bits per heavy atom. The quantitative estimate of drug-likeness (QED) is 0.329. The molecule has 0 N–H and O–H groups in total.